The second kappa shape index (κ2) is 6.68. The molecule has 27 heavy (non-hydrogen) atoms. The minimum absolute atomic E-state index is 0.00126. The van der Waals surface area contributed by atoms with Crippen LogP contribution in [0.5, 0.6) is 0 Å². The fourth-order valence-electron chi connectivity index (χ4n) is 4.21. The summed E-state index contributed by atoms with van der Waals surface area (Å²) >= 11 is 0. The van der Waals surface area contributed by atoms with Gasteiger partial charge in [-0.05, 0) is 54.7 Å². The van der Waals surface area contributed by atoms with Crippen LogP contribution in [0.2, 0.25) is 0 Å². The number of fused-ring (bicyclic) bond motifs is 1. The van der Waals surface area contributed by atoms with Crippen molar-refractivity contribution in [2.45, 2.75) is 37.0 Å². The zero-order chi connectivity index (χ0) is 19.2. The molecule has 1 N–H and O–H groups in total. The number of nitrogens with zero attached hydrogens (tertiary/aromatic N) is 1. The molecule has 2 heterocycles. The quantitative estimate of drug-likeness (QED) is 0.880. The Bertz CT molecular complexity index is 991. The fourth-order valence-corrected chi connectivity index (χ4v) is 4.84. The van der Waals surface area contributed by atoms with Crippen LogP contribution in [0.1, 0.15) is 41.9 Å². The molecule has 0 saturated carbocycles. The van der Waals surface area contributed by atoms with Gasteiger partial charge in [-0.2, -0.15) is 0 Å². The Hall–Kier alpha value is -2.34. The van der Waals surface area contributed by atoms with Crippen molar-refractivity contribution in [1.29, 1.82) is 0 Å². The third kappa shape index (κ3) is 3.34. The minimum Gasteiger partial charge on any atom is -0.371 e. The maximum Gasteiger partial charge on any atom is 0.225 e. The molecule has 142 valence electrons. The largest absolute Gasteiger partial charge is 0.371 e. The Balaban J connectivity index is 1.75. The standard InChI is InChI=1S/C21H24N2O3S/c1-14-19(23-11-3-4-12-23)10-9-17-18(13-20(24)22-21(14)17)15-5-7-16(8-6-15)27(2,25)26/h5-10,18H,3-4,11-13H2,1-2H3,(H,22,24). The number of hydrogen-bond acceptors (Lipinski definition) is 4. The molecule has 0 bridgehead atoms. The van der Waals surface area contributed by atoms with E-state index >= 15 is 0 Å². The lowest BCUT2D eigenvalue weighted by Gasteiger charge is -2.30. The average Bonchev–Trinajstić information content (AvgIpc) is 3.16. The molecule has 4 rings (SSSR count). The highest BCUT2D eigenvalue weighted by atomic mass is 32.2. The third-order valence-corrected chi connectivity index (χ3v) is 6.78. The van der Waals surface area contributed by atoms with Crippen LogP contribution in [0.3, 0.4) is 0 Å². The third-order valence-electron chi connectivity index (χ3n) is 5.66. The molecule has 5 nitrogen and oxygen atoms in total. The number of anilines is 2. The van der Waals surface area contributed by atoms with Crippen molar-refractivity contribution >= 4 is 27.1 Å². The number of benzene rings is 2. The van der Waals surface area contributed by atoms with Gasteiger partial charge in [0.1, 0.15) is 0 Å². The fraction of sp³-hybridized carbons (Fsp3) is 0.381. The number of carbonyl (C=O) groups excluding carboxylic acids is 1. The summed E-state index contributed by atoms with van der Waals surface area (Å²) in [7, 11) is -3.23. The number of amides is 1. The van der Waals surface area contributed by atoms with Gasteiger partial charge in [0.05, 0.1) is 4.90 Å². The zero-order valence-corrected chi connectivity index (χ0v) is 16.5. The van der Waals surface area contributed by atoms with Crippen LogP contribution in [0.15, 0.2) is 41.3 Å². The van der Waals surface area contributed by atoms with Crippen molar-refractivity contribution in [3.63, 3.8) is 0 Å². The van der Waals surface area contributed by atoms with E-state index in [1.807, 2.05) is 12.1 Å². The Kier molecular flexibility index (Phi) is 4.46. The predicted molar refractivity (Wildman–Crippen MR) is 107 cm³/mol. The topological polar surface area (TPSA) is 66.5 Å². The van der Waals surface area contributed by atoms with E-state index < -0.39 is 9.84 Å². The van der Waals surface area contributed by atoms with Gasteiger partial charge in [-0.15, -0.1) is 0 Å². The summed E-state index contributed by atoms with van der Waals surface area (Å²) in [6.07, 6.45) is 3.98. The molecule has 2 aliphatic rings. The summed E-state index contributed by atoms with van der Waals surface area (Å²) in [6, 6.07) is 11.2. The Morgan fingerprint density at radius 1 is 1.04 bits per heavy atom. The number of carbonyl (C=O) groups is 1. The van der Waals surface area contributed by atoms with Crippen LogP contribution in [0.25, 0.3) is 0 Å². The van der Waals surface area contributed by atoms with Crippen LogP contribution in [-0.4, -0.2) is 33.7 Å². The maximum atomic E-state index is 12.4. The van der Waals surface area contributed by atoms with Gasteiger partial charge < -0.3 is 10.2 Å². The van der Waals surface area contributed by atoms with E-state index in [0.29, 0.717) is 11.3 Å². The maximum absolute atomic E-state index is 12.4. The van der Waals surface area contributed by atoms with Gasteiger partial charge in [-0.25, -0.2) is 8.42 Å². The summed E-state index contributed by atoms with van der Waals surface area (Å²) in [5.41, 5.74) is 5.28. The molecule has 2 aromatic rings. The molecule has 6 heteroatoms. The number of rotatable bonds is 3. The van der Waals surface area contributed by atoms with Gasteiger partial charge in [0.15, 0.2) is 9.84 Å². The summed E-state index contributed by atoms with van der Waals surface area (Å²) in [4.78, 5) is 15.1. The van der Waals surface area contributed by atoms with Crippen molar-refractivity contribution in [1.82, 2.24) is 0 Å². The Labute approximate surface area is 160 Å². The minimum atomic E-state index is -3.23. The van der Waals surface area contributed by atoms with Crippen LogP contribution < -0.4 is 10.2 Å². The second-order valence-electron chi connectivity index (χ2n) is 7.51. The average molecular weight is 385 g/mol. The second-order valence-corrected chi connectivity index (χ2v) is 9.53. The van der Waals surface area contributed by atoms with Crippen LogP contribution >= 0.6 is 0 Å². The highest BCUT2D eigenvalue weighted by Crippen LogP contribution is 2.42. The first-order valence-electron chi connectivity index (χ1n) is 9.33. The van der Waals surface area contributed by atoms with Gasteiger partial charge >= 0.3 is 0 Å². The van der Waals surface area contributed by atoms with Gasteiger partial charge in [-0.1, -0.05) is 18.2 Å². The van der Waals surface area contributed by atoms with Crippen LogP contribution in [0.4, 0.5) is 11.4 Å². The lowest BCUT2D eigenvalue weighted by Crippen LogP contribution is -2.26. The van der Waals surface area contributed by atoms with E-state index in [2.05, 4.69) is 29.3 Å². The van der Waals surface area contributed by atoms with Gasteiger partial charge in [0.25, 0.3) is 0 Å². The molecule has 1 unspecified atom stereocenters. The van der Waals surface area contributed by atoms with Crippen molar-refractivity contribution in [3.05, 3.63) is 53.1 Å². The highest BCUT2D eigenvalue weighted by molar-refractivity contribution is 7.90. The van der Waals surface area contributed by atoms with E-state index in [1.165, 1.54) is 24.8 Å². The highest BCUT2D eigenvalue weighted by Gasteiger charge is 2.29. The van der Waals surface area contributed by atoms with E-state index in [0.717, 1.165) is 35.5 Å². The molecular weight excluding hydrogens is 360 g/mol. The van der Waals surface area contributed by atoms with Crippen molar-refractivity contribution in [2.75, 3.05) is 29.6 Å². The van der Waals surface area contributed by atoms with E-state index in [-0.39, 0.29) is 11.8 Å². The normalized spacial score (nSPS) is 19.7. The molecule has 0 aromatic heterocycles. The van der Waals surface area contributed by atoms with Gasteiger partial charge in [0, 0.05) is 43.1 Å². The van der Waals surface area contributed by atoms with Gasteiger partial charge in [0.2, 0.25) is 5.91 Å². The first-order chi connectivity index (χ1) is 12.8. The van der Waals surface area contributed by atoms with Gasteiger partial charge in [-0.3, -0.25) is 4.79 Å². The lowest BCUT2D eigenvalue weighted by molar-refractivity contribution is -0.116. The predicted octanol–water partition coefficient (Wildman–Crippen LogP) is 3.47. The molecule has 1 fully saturated rings. The van der Waals surface area contributed by atoms with Crippen molar-refractivity contribution in [3.8, 4) is 0 Å². The lowest BCUT2D eigenvalue weighted by atomic mass is 9.83. The molecule has 1 atom stereocenters. The number of sulfone groups is 1. The van der Waals surface area contributed by atoms with Crippen molar-refractivity contribution in [2.24, 2.45) is 0 Å². The summed E-state index contributed by atoms with van der Waals surface area (Å²) in [6.45, 7) is 4.19. The molecule has 0 spiro atoms. The van der Waals surface area contributed by atoms with E-state index in [1.54, 1.807) is 12.1 Å². The molecule has 0 aliphatic carbocycles. The molecular formula is C21H24N2O3S. The molecule has 1 saturated heterocycles. The molecule has 1 amide bonds. The SMILES string of the molecule is Cc1c(N2CCCC2)ccc2c1NC(=O)CC2c1ccc(S(C)(=O)=O)cc1. The Morgan fingerprint density at radius 3 is 2.33 bits per heavy atom. The van der Waals surface area contributed by atoms with Crippen LogP contribution in [-0.2, 0) is 14.6 Å². The molecule has 2 aromatic carbocycles. The number of hydrogen-bond donors (Lipinski definition) is 1. The summed E-state index contributed by atoms with van der Waals surface area (Å²) < 4.78 is 23.4. The first-order valence-corrected chi connectivity index (χ1v) is 11.2. The Morgan fingerprint density at radius 2 is 1.70 bits per heavy atom. The number of nitrogens with one attached hydrogen (secondary N) is 1. The smallest absolute Gasteiger partial charge is 0.225 e. The molecule has 0 radical (unpaired) electrons. The van der Waals surface area contributed by atoms with E-state index in [4.69, 9.17) is 0 Å². The van der Waals surface area contributed by atoms with E-state index in [9.17, 15) is 13.2 Å². The molecule has 2 aliphatic heterocycles. The monoisotopic (exact) mass is 384 g/mol. The van der Waals surface area contributed by atoms with Crippen molar-refractivity contribution < 1.29 is 13.2 Å². The summed E-state index contributed by atoms with van der Waals surface area (Å²) in [5, 5.41) is 3.07. The van der Waals surface area contributed by atoms with Crippen LogP contribution in [0, 0.1) is 6.92 Å². The first kappa shape index (κ1) is 18.0. The summed E-state index contributed by atoms with van der Waals surface area (Å²) in [5.74, 6) is -0.0601. The zero-order valence-electron chi connectivity index (χ0n) is 15.7.